The molecule has 1 heterocycles. The molecule has 4 heteroatoms. The van der Waals surface area contributed by atoms with Gasteiger partial charge < -0.3 is 10.5 Å². The highest BCUT2D eigenvalue weighted by Crippen LogP contribution is 2.31. The number of benzene rings is 2. The van der Waals surface area contributed by atoms with Gasteiger partial charge in [0.2, 0.25) is 0 Å². The normalized spacial score (nSPS) is 10.8. The molecule has 3 rings (SSSR count). The van der Waals surface area contributed by atoms with Crippen molar-refractivity contribution in [3.05, 3.63) is 64.8 Å². The molecule has 0 aliphatic carbocycles. The first-order chi connectivity index (χ1) is 10.2. The van der Waals surface area contributed by atoms with E-state index in [0.717, 1.165) is 38.7 Å². The lowest BCUT2D eigenvalue weighted by Crippen LogP contribution is -2.00. The van der Waals surface area contributed by atoms with Crippen LogP contribution in [0.15, 0.2) is 48.5 Å². The second kappa shape index (κ2) is 5.72. The van der Waals surface area contributed by atoms with Gasteiger partial charge in [0, 0.05) is 23.0 Å². The quantitative estimate of drug-likeness (QED) is 0.777. The van der Waals surface area contributed by atoms with Crippen LogP contribution in [0.3, 0.4) is 0 Å². The fourth-order valence-electron chi connectivity index (χ4n) is 2.19. The second-order valence-electron chi connectivity index (χ2n) is 4.85. The van der Waals surface area contributed by atoms with Gasteiger partial charge in [-0.15, -0.1) is 0 Å². The Hall–Kier alpha value is -2.10. The second-order valence-corrected chi connectivity index (χ2v) is 5.25. The van der Waals surface area contributed by atoms with Crippen molar-refractivity contribution in [3.8, 4) is 11.5 Å². The summed E-state index contributed by atoms with van der Waals surface area (Å²) in [4.78, 5) is 4.50. The molecule has 106 valence electrons. The van der Waals surface area contributed by atoms with Crippen LogP contribution in [0.5, 0.6) is 11.5 Å². The van der Waals surface area contributed by atoms with Gasteiger partial charge in [-0.2, -0.15) is 0 Å². The Labute approximate surface area is 128 Å². The van der Waals surface area contributed by atoms with Gasteiger partial charge in [-0.05, 0) is 42.8 Å². The van der Waals surface area contributed by atoms with E-state index >= 15 is 0 Å². The Morgan fingerprint density at radius 3 is 2.71 bits per heavy atom. The van der Waals surface area contributed by atoms with Gasteiger partial charge in [0.05, 0.1) is 11.2 Å². The molecule has 21 heavy (non-hydrogen) atoms. The summed E-state index contributed by atoms with van der Waals surface area (Å²) < 4.78 is 6.02. The number of ether oxygens (including phenoxy) is 1. The number of nitrogens with two attached hydrogens (primary N) is 1. The Morgan fingerprint density at radius 1 is 1.14 bits per heavy atom. The Morgan fingerprint density at radius 2 is 1.95 bits per heavy atom. The van der Waals surface area contributed by atoms with Crippen LogP contribution in [0.1, 0.15) is 11.3 Å². The van der Waals surface area contributed by atoms with Crippen molar-refractivity contribution in [2.24, 2.45) is 5.73 Å². The predicted octanol–water partition coefficient (Wildman–Crippen LogP) is 4.45. The van der Waals surface area contributed by atoms with Crippen molar-refractivity contribution in [2.75, 3.05) is 0 Å². The maximum absolute atomic E-state index is 6.04. The van der Waals surface area contributed by atoms with Crippen LogP contribution in [0.4, 0.5) is 0 Å². The molecule has 3 aromatic rings. The van der Waals surface area contributed by atoms with Crippen LogP contribution in [-0.4, -0.2) is 4.98 Å². The number of pyridine rings is 1. The van der Waals surface area contributed by atoms with E-state index in [9.17, 15) is 0 Å². The highest BCUT2D eigenvalue weighted by molar-refractivity contribution is 6.31. The molecule has 3 nitrogen and oxygen atoms in total. The molecule has 2 aromatic carbocycles. The lowest BCUT2D eigenvalue weighted by Gasteiger charge is -2.11. The molecule has 0 saturated carbocycles. The summed E-state index contributed by atoms with van der Waals surface area (Å²) in [6.45, 7) is 2.33. The van der Waals surface area contributed by atoms with Crippen molar-refractivity contribution in [2.45, 2.75) is 13.5 Å². The number of hydrogen-bond donors (Lipinski definition) is 1. The molecule has 0 atom stereocenters. The van der Waals surface area contributed by atoms with Gasteiger partial charge in [-0.1, -0.05) is 23.7 Å². The first-order valence-corrected chi connectivity index (χ1v) is 7.08. The molecule has 0 saturated heterocycles. The number of para-hydroxylation sites is 1. The molecule has 0 unspecified atom stereocenters. The molecule has 0 aliphatic heterocycles. The van der Waals surface area contributed by atoms with E-state index in [1.54, 1.807) is 0 Å². The number of rotatable bonds is 3. The minimum atomic E-state index is 0.376. The van der Waals surface area contributed by atoms with Crippen molar-refractivity contribution in [1.29, 1.82) is 0 Å². The summed E-state index contributed by atoms with van der Waals surface area (Å²) in [7, 11) is 0. The molecule has 0 bridgehead atoms. The van der Waals surface area contributed by atoms with Crippen molar-refractivity contribution in [1.82, 2.24) is 4.98 Å². The van der Waals surface area contributed by atoms with Gasteiger partial charge in [-0.3, -0.25) is 4.98 Å². The van der Waals surface area contributed by atoms with Crippen molar-refractivity contribution < 1.29 is 4.74 Å². The number of aryl methyl sites for hydroxylation is 1. The van der Waals surface area contributed by atoms with E-state index in [-0.39, 0.29) is 0 Å². The van der Waals surface area contributed by atoms with Crippen LogP contribution in [-0.2, 0) is 6.54 Å². The Bertz CT molecular complexity index is 802. The number of nitrogens with zero attached hydrogens (tertiary/aromatic N) is 1. The monoisotopic (exact) mass is 298 g/mol. The predicted molar refractivity (Wildman–Crippen MR) is 85.9 cm³/mol. The van der Waals surface area contributed by atoms with Crippen LogP contribution >= 0.6 is 11.6 Å². The zero-order valence-corrected chi connectivity index (χ0v) is 12.4. The molecular formula is C17H15ClN2O. The summed E-state index contributed by atoms with van der Waals surface area (Å²) in [5.41, 5.74) is 8.37. The number of aromatic nitrogens is 1. The highest BCUT2D eigenvalue weighted by atomic mass is 35.5. The van der Waals surface area contributed by atoms with E-state index in [1.807, 2.05) is 55.5 Å². The maximum atomic E-state index is 6.04. The number of halogens is 1. The van der Waals surface area contributed by atoms with E-state index in [1.165, 1.54) is 0 Å². The van der Waals surface area contributed by atoms with Crippen LogP contribution in [0.2, 0.25) is 5.02 Å². The van der Waals surface area contributed by atoms with Crippen LogP contribution < -0.4 is 10.5 Å². The van der Waals surface area contributed by atoms with Gasteiger partial charge in [0.25, 0.3) is 0 Å². The fourth-order valence-corrected chi connectivity index (χ4v) is 2.31. The Balaban J connectivity index is 2.08. The largest absolute Gasteiger partial charge is 0.457 e. The lowest BCUT2D eigenvalue weighted by atomic mass is 10.1. The zero-order chi connectivity index (χ0) is 14.8. The SMILES string of the molecule is Cc1cc(Oc2cc(CN)nc3ccccc23)ccc1Cl. The van der Waals surface area contributed by atoms with Gasteiger partial charge in [-0.25, -0.2) is 0 Å². The van der Waals surface area contributed by atoms with E-state index in [0.29, 0.717) is 6.54 Å². The fraction of sp³-hybridized carbons (Fsp3) is 0.118. The maximum Gasteiger partial charge on any atom is 0.138 e. The average Bonchev–Trinajstić information content (AvgIpc) is 2.51. The third kappa shape index (κ3) is 2.84. The molecule has 0 spiro atoms. The van der Waals surface area contributed by atoms with Crippen LogP contribution in [0.25, 0.3) is 10.9 Å². The van der Waals surface area contributed by atoms with Crippen molar-refractivity contribution in [3.63, 3.8) is 0 Å². The van der Waals surface area contributed by atoms with Gasteiger partial charge in [0.1, 0.15) is 11.5 Å². The molecular weight excluding hydrogens is 284 g/mol. The van der Waals surface area contributed by atoms with E-state index in [2.05, 4.69) is 4.98 Å². The van der Waals surface area contributed by atoms with Crippen molar-refractivity contribution >= 4 is 22.5 Å². The van der Waals surface area contributed by atoms with Gasteiger partial charge >= 0.3 is 0 Å². The summed E-state index contributed by atoms with van der Waals surface area (Å²) >= 11 is 6.04. The highest BCUT2D eigenvalue weighted by Gasteiger charge is 2.08. The van der Waals surface area contributed by atoms with E-state index in [4.69, 9.17) is 22.1 Å². The Kier molecular flexibility index (Phi) is 3.78. The van der Waals surface area contributed by atoms with Gasteiger partial charge in [0.15, 0.2) is 0 Å². The molecule has 1 aromatic heterocycles. The molecule has 2 N–H and O–H groups in total. The third-order valence-corrected chi connectivity index (χ3v) is 3.72. The average molecular weight is 299 g/mol. The summed E-state index contributed by atoms with van der Waals surface area (Å²) in [6.07, 6.45) is 0. The van der Waals surface area contributed by atoms with Crippen LogP contribution in [0, 0.1) is 6.92 Å². The lowest BCUT2D eigenvalue weighted by molar-refractivity contribution is 0.486. The standard InChI is InChI=1S/C17H15ClN2O/c1-11-8-13(6-7-15(11)18)21-17-9-12(10-19)20-16-5-3-2-4-14(16)17/h2-9H,10,19H2,1H3. The minimum Gasteiger partial charge on any atom is -0.457 e. The molecule has 0 radical (unpaired) electrons. The van der Waals surface area contributed by atoms with E-state index < -0.39 is 0 Å². The summed E-state index contributed by atoms with van der Waals surface area (Å²) in [5, 5.41) is 1.69. The first-order valence-electron chi connectivity index (χ1n) is 6.70. The zero-order valence-electron chi connectivity index (χ0n) is 11.6. The third-order valence-electron chi connectivity index (χ3n) is 3.30. The topological polar surface area (TPSA) is 48.1 Å². The smallest absolute Gasteiger partial charge is 0.138 e. The number of fused-ring (bicyclic) bond motifs is 1. The first kappa shape index (κ1) is 13.9. The number of hydrogen-bond acceptors (Lipinski definition) is 3. The summed E-state index contributed by atoms with van der Waals surface area (Å²) in [5.74, 6) is 1.50. The molecule has 0 aliphatic rings. The summed E-state index contributed by atoms with van der Waals surface area (Å²) in [6, 6.07) is 15.3. The molecule has 0 fully saturated rings. The minimum absolute atomic E-state index is 0.376. The molecule has 0 amide bonds.